The summed E-state index contributed by atoms with van der Waals surface area (Å²) in [6, 6.07) is 4.73. The number of nitrogens with zero attached hydrogens (tertiary/aromatic N) is 1. The van der Waals surface area contributed by atoms with Crippen LogP contribution in [0, 0.1) is 43.9 Å². The molecule has 1 aromatic carbocycles. The molecule has 2 fully saturated rings. The number of allylic oxidation sites excluding steroid dienone is 1. The Morgan fingerprint density at radius 2 is 2.03 bits per heavy atom. The molecule has 0 saturated heterocycles. The summed E-state index contributed by atoms with van der Waals surface area (Å²) in [4.78, 5) is 31.5. The van der Waals surface area contributed by atoms with Crippen LogP contribution in [0.5, 0.6) is 0 Å². The van der Waals surface area contributed by atoms with E-state index < -0.39 is 5.41 Å². The molecule has 1 aromatic heterocycles. The van der Waals surface area contributed by atoms with Crippen molar-refractivity contribution in [1.29, 1.82) is 0 Å². The second-order valence-corrected chi connectivity index (χ2v) is 12.0. The lowest BCUT2D eigenvalue weighted by atomic mass is 9.54. The summed E-state index contributed by atoms with van der Waals surface area (Å²) in [6.45, 7) is 8.43. The van der Waals surface area contributed by atoms with Gasteiger partial charge in [0.25, 0.3) is 0 Å². The first-order valence-corrected chi connectivity index (χ1v) is 13.3. The average Bonchev–Trinajstić information content (AvgIpc) is 3.30. The van der Waals surface area contributed by atoms with Gasteiger partial charge in [-0.25, -0.2) is 4.98 Å². The fourth-order valence-corrected chi connectivity index (χ4v) is 7.86. The van der Waals surface area contributed by atoms with Crippen LogP contribution < -0.4 is 5.32 Å². The molecule has 3 aliphatic carbocycles. The lowest BCUT2D eigenvalue weighted by Crippen LogP contribution is -2.44. The summed E-state index contributed by atoms with van der Waals surface area (Å²) in [5.74, 6) is 0.908. The highest BCUT2D eigenvalue weighted by atomic mass is 32.1. The van der Waals surface area contributed by atoms with Crippen LogP contribution in [-0.2, 0) is 16.0 Å². The predicted octanol–water partition coefficient (Wildman–Crippen LogP) is 6.19. The number of fused-ring (bicyclic) bond motifs is 5. The average molecular weight is 479 g/mol. The Labute approximate surface area is 205 Å². The number of amides is 1. The zero-order valence-electron chi connectivity index (χ0n) is 20.5. The molecule has 2 saturated carbocycles. The fourth-order valence-electron chi connectivity index (χ4n) is 7.18. The number of aliphatic hydroxyl groups is 1. The van der Waals surface area contributed by atoms with Crippen LogP contribution in [0.1, 0.15) is 72.1 Å². The van der Waals surface area contributed by atoms with Gasteiger partial charge in [-0.1, -0.05) is 19.1 Å². The van der Waals surface area contributed by atoms with E-state index in [9.17, 15) is 14.7 Å². The highest BCUT2D eigenvalue weighted by molar-refractivity contribution is 7.15. The molecule has 5 atom stereocenters. The minimum atomic E-state index is -0.458. The molecular weight excluding hydrogens is 444 g/mol. The van der Waals surface area contributed by atoms with Crippen molar-refractivity contribution in [1.82, 2.24) is 4.98 Å². The zero-order chi connectivity index (χ0) is 24.2. The number of hydrogen-bond acceptors (Lipinski definition) is 5. The van der Waals surface area contributed by atoms with Crippen LogP contribution in [0.3, 0.4) is 0 Å². The first-order chi connectivity index (χ1) is 16.2. The summed E-state index contributed by atoms with van der Waals surface area (Å²) >= 11 is 1.46. The molecule has 0 aliphatic heterocycles. The van der Waals surface area contributed by atoms with E-state index in [0.717, 1.165) is 36.8 Å². The van der Waals surface area contributed by atoms with Crippen LogP contribution in [-0.4, -0.2) is 21.8 Å². The van der Waals surface area contributed by atoms with Crippen LogP contribution in [0.4, 0.5) is 5.13 Å². The number of carbonyl (C=O) groups excluding carboxylic acids is 2. The number of aryl methyl sites for hydroxylation is 4. The molecule has 5 unspecified atom stereocenters. The second-order valence-electron chi connectivity index (χ2n) is 10.8. The number of rotatable bonds is 4. The minimum absolute atomic E-state index is 0.0832. The summed E-state index contributed by atoms with van der Waals surface area (Å²) in [5, 5.41) is 13.6. The first kappa shape index (κ1) is 23.3. The number of nitrogens with one attached hydrogen (secondary N) is 1. The molecule has 6 heteroatoms. The topological polar surface area (TPSA) is 79.3 Å². The first-order valence-electron chi connectivity index (χ1n) is 12.4. The summed E-state index contributed by atoms with van der Waals surface area (Å²) < 4.78 is 0. The molecule has 5 nitrogen and oxygen atoms in total. The Hall–Kier alpha value is -2.47. The zero-order valence-corrected chi connectivity index (χ0v) is 21.3. The Morgan fingerprint density at radius 3 is 2.74 bits per heavy atom. The van der Waals surface area contributed by atoms with Gasteiger partial charge in [0.2, 0.25) is 5.91 Å². The number of hydrogen-bond donors (Lipinski definition) is 2. The van der Waals surface area contributed by atoms with Crippen molar-refractivity contribution in [3.63, 3.8) is 0 Å². The van der Waals surface area contributed by atoms with Crippen LogP contribution >= 0.6 is 11.3 Å². The third kappa shape index (κ3) is 3.71. The van der Waals surface area contributed by atoms with E-state index in [4.69, 9.17) is 0 Å². The van der Waals surface area contributed by atoms with Gasteiger partial charge in [0.05, 0.1) is 6.26 Å². The SMILES string of the molecule is Cc1cnc(NC(=O)CCC2/C(=C/O)C(=O)C3(C)CCC4c5cc(C)c(C)cc5CCC4C23)s1. The highest BCUT2D eigenvalue weighted by Crippen LogP contribution is 2.63. The van der Waals surface area contributed by atoms with Gasteiger partial charge in [-0.15, -0.1) is 11.3 Å². The summed E-state index contributed by atoms with van der Waals surface area (Å²) in [5.41, 5.74) is 5.67. The molecule has 3 aliphatic rings. The molecule has 0 radical (unpaired) electrons. The largest absolute Gasteiger partial charge is 0.515 e. The smallest absolute Gasteiger partial charge is 0.226 e. The number of aliphatic hydroxyl groups excluding tert-OH is 1. The molecule has 180 valence electrons. The van der Waals surface area contributed by atoms with Crippen molar-refractivity contribution in [2.24, 2.45) is 23.2 Å². The normalized spacial score (nSPS) is 31.2. The Morgan fingerprint density at radius 1 is 1.26 bits per heavy atom. The second kappa shape index (κ2) is 8.63. The monoisotopic (exact) mass is 478 g/mol. The van der Waals surface area contributed by atoms with Crippen molar-refractivity contribution < 1.29 is 14.7 Å². The van der Waals surface area contributed by atoms with E-state index in [1.165, 1.54) is 33.6 Å². The predicted molar refractivity (Wildman–Crippen MR) is 135 cm³/mol. The van der Waals surface area contributed by atoms with Gasteiger partial charge in [0.1, 0.15) is 0 Å². The van der Waals surface area contributed by atoms with E-state index in [-0.39, 0.29) is 23.5 Å². The Balaban J connectivity index is 1.42. The van der Waals surface area contributed by atoms with E-state index >= 15 is 0 Å². The van der Waals surface area contributed by atoms with Crippen LogP contribution in [0.2, 0.25) is 0 Å². The maximum absolute atomic E-state index is 13.5. The lowest BCUT2D eigenvalue weighted by molar-refractivity contribution is -0.127. The van der Waals surface area contributed by atoms with Gasteiger partial charge >= 0.3 is 0 Å². The van der Waals surface area contributed by atoms with Gasteiger partial charge in [-0.2, -0.15) is 0 Å². The van der Waals surface area contributed by atoms with Crippen LogP contribution in [0.15, 0.2) is 30.2 Å². The number of Topliss-reactive ketones (excluding diaryl/α,β-unsaturated/α-hetero) is 1. The minimum Gasteiger partial charge on any atom is -0.515 e. The van der Waals surface area contributed by atoms with E-state index in [1.807, 2.05) is 6.92 Å². The van der Waals surface area contributed by atoms with Gasteiger partial charge < -0.3 is 10.4 Å². The molecule has 1 heterocycles. The van der Waals surface area contributed by atoms with Crippen molar-refractivity contribution in [2.45, 2.75) is 72.1 Å². The number of benzene rings is 1. The maximum Gasteiger partial charge on any atom is 0.226 e. The third-order valence-electron chi connectivity index (χ3n) is 8.89. The summed E-state index contributed by atoms with van der Waals surface area (Å²) in [6.07, 6.45) is 7.61. The molecule has 1 amide bonds. The van der Waals surface area contributed by atoms with Gasteiger partial charge in [-0.3, -0.25) is 9.59 Å². The van der Waals surface area contributed by atoms with Gasteiger partial charge in [-0.05, 0) is 98.8 Å². The van der Waals surface area contributed by atoms with Crippen molar-refractivity contribution in [3.05, 3.63) is 57.3 Å². The quantitative estimate of drug-likeness (QED) is 0.406. The van der Waals surface area contributed by atoms with Crippen molar-refractivity contribution >= 4 is 28.2 Å². The molecule has 0 spiro atoms. The maximum atomic E-state index is 13.5. The highest BCUT2D eigenvalue weighted by Gasteiger charge is 2.60. The number of anilines is 1. The Kier molecular flexibility index (Phi) is 5.91. The van der Waals surface area contributed by atoms with E-state index in [2.05, 4.69) is 43.2 Å². The number of aromatic nitrogens is 1. The number of carbonyl (C=O) groups is 2. The van der Waals surface area contributed by atoms with Gasteiger partial charge in [0.15, 0.2) is 10.9 Å². The lowest BCUT2D eigenvalue weighted by Gasteiger charge is -2.49. The number of ketones is 1. The van der Waals surface area contributed by atoms with Crippen LogP contribution in [0.25, 0.3) is 0 Å². The van der Waals surface area contributed by atoms with Crippen molar-refractivity contribution in [3.8, 4) is 0 Å². The molecule has 2 aromatic rings. The fraction of sp³-hybridized carbons (Fsp3) is 0.536. The molecule has 34 heavy (non-hydrogen) atoms. The third-order valence-corrected chi connectivity index (χ3v) is 9.72. The molecule has 0 bridgehead atoms. The Bertz CT molecular complexity index is 1180. The van der Waals surface area contributed by atoms with E-state index in [0.29, 0.717) is 35.4 Å². The van der Waals surface area contributed by atoms with Gasteiger partial charge in [0, 0.05) is 28.5 Å². The number of thiazole rings is 1. The molecule has 2 N–H and O–H groups in total. The summed E-state index contributed by atoms with van der Waals surface area (Å²) in [7, 11) is 0. The molecular formula is C28H34N2O3S. The standard InChI is InChI=1S/C28H34N2O3S/c1-15-11-18-5-6-20-19(22(18)12-16(15)2)9-10-28(4)25(20)21(23(14-31)26(28)33)7-8-24(32)30-27-29-13-17(3)34-27/h11-14,19-21,25,31H,5-10H2,1-4H3,(H,29,30,32)/b23-14-. The molecule has 5 rings (SSSR count). The van der Waals surface area contributed by atoms with Crippen molar-refractivity contribution in [2.75, 3.05) is 5.32 Å². The van der Waals surface area contributed by atoms with E-state index in [1.54, 1.807) is 6.20 Å².